The summed E-state index contributed by atoms with van der Waals surface area (Å²) in [6, 6.07) is 8.28. The first kappa shape index (κ1) is 14.5. The van der Waals surface area contributed by atoms with Crippen LogP contribution in [0.3, 0.4) is 0 Å². The second kappa shape index (κ2) is 6.36. The Hall–Kier alpha value is -1.60. The van der Waals surface area contributed by atoms with Gasteiger partial charge in [0.15, 0.2) is 0 Å². The maximum absolute atomic E-state index is 11.3. The fourth-order valence-electron chi connectivity index (χ4n) is 1.53. The first-order chi connectivity index (χ1) is 8.40. The van der Waals surface area contributed by atoms with Gasteiger partial charge in [-0.2, -0.15) is 8.42 Å². The van der Waals surface area contributed by atoms with Crippen molar-refractivity contribution in [3.8, 4) is 0 Å². The predicted octanol–water partition coefficient (Wildman–Crippen LogP) is 1.24. The number of hydrogen-bond donors (Lipinski definition) is 2. The molecule has 0 aliphatic carbocycles. The van der Waals surface area contributed by atoms with Crippen LogP contribution in [0.25, 0.3) is 0 Å². The Bertz CT molecular complexity index is 487. The highest BCUT2D eigenvalue weighted by Gasteiger charge is 2.12. The molecule has 1 rings (SSSR count). The number of primary amides is 1. The van der Waals surface area contributed by atoms with E-state index in [2.05, 4.69) is 0 Å². The number of carbonyl (C=O) groups excluding carboxylic acids is 1. The molecule has 6 nitrogen and oxygen atoms in total. The van der Waals surface area contributed by atoms with Crippen molar-refractivity contribution in [1.82, 2.24) is 0 Å². The van der Waals surface area contributed by atoms with Gasteiger partial charge in [0.1, 0.15) is 0 Å². The number of para-hydroxylation sites is 1. The third kappa shape index (κ3) is 5.15. The van der Waals surface area contributed by atoms with Gasteiger partial charge < -0.3 is 5.73 Å². The number of rotatable bonds is 6. The summed E-state index contributed by atoms with van der Waals surface area (Å²) in [6.45, 7) is 0.314. The van der Waals surface area contributed by atoms with E-state index in [0.717, 1.165) is 0 Å². The van der Waals surface area contributed by atoms with Crippen molar-refractivity contribution in [3.05, 3.63) is 30.3 Å². The van der Waals surface area contributed by atoms with Crippen LogP contribution in [-0.4, -0.2) is 31.3 Å². The van der Waals surface area contributed by atoms with Crippen LogP contribution in [0.1, 0.15) is 12.8 Å². The number of hydrogen-bond acceptors (Lipinski definition) is 3. The Balaban J connectivity index is 2.53. The van der Waals surface area contributed by atoms with Crippen LogP contribution in [0.5, 0.6) is 0 Å². The molecule has 0 atom stereocenters. The van der Waals surface area contributed by atoms with E-state index in [1.54, 1.807) is 24.3 Å². The molecule has 18 heavy (non-hydrogen) atoms. The lowest BCUT2D eigenvalue weighted by molar-refractivity contribution is 0.254. The number of unbranched alkanes of at least 4 members (excludes halogenated alkanes) is 1. The molecule has 0 bridgehead atoms. The highest BCUT2D eigenvalue weighted by molar-refractivity contribution is 7.85. The summed E-state index contributed by atoms with van der Waals surface area (Å²) in [7, 11) is -3.94. The summed E-state index contributed by atoms with van der Waals surface area (Å²) in [6.07, 6.45) is 0.715. The molecular weight excluding hydrogens is 256 g/mol. The summed E-state index contributed by atoms with van der Waals surface area (Å²) >= 11 is 0. The highest BCUT2D eigenvalue weighted by atomic mass is 32.2. The summed E-state index contributed by atoms with van der Waals surface area (Å²) in [5.74, 6) is -0.311. The van der Waals surface area contributed by atoms with Gasteiger partial charge in [0.25, 0.3) is 10.1 Å². The van der Waals surface area contributed by atoms with Crippen LogP contribution in [0.4, 0.5) is 10.5 Å². The number of nitrogens with two attached hydrogens (primary N) is 1. The van der Waals surface area contributed by atoms with Gasteiger partial charge >= 0.3 is 6.03 Å². The molecule has 0 heterocycles. The van der Waals surface area contributed by atoms with E-state index in [4.69, 9.17) is 10.3 Å². The van der Waals surface area contributed by atoms with E-state index < -0.39 is 16.1 Å². The van der Waals surface area contributed by atoms with Crippen molar-refractivity contribution in [1.29, 1.82) is 0 Å². The molecule has 0 unspecified atom stereocenters. The zero-order chi connectivity index (χ0) is 13.6. The van der Waals surface area contributed by atoms with E-state index in [0.29, 0.717) is 18.7 Å². The molecule has 1 aromatic carbocycles. The third-order valence-electron chi connectivity index (χ3n) is 2.37. The summed E-state index contributed by atoms with van der Waals surface area (Å²) in [5, 5.41) is 0. The van der Waals surface area contributed by atoms with Crippen molar-refractivity contribution < 1.29 is 17.8 Å². The Morgan fingerprint density at radius 1 is 1.22 bits per heavy atom. The van der Waals surface area contributed by atoms with Gasteiger partial charge in [-0.25, -0.2) is 4.79 Å². The average molecular weight is 272 g/mol. The summed E-state index contributed by atoms with van der Waals surface area (Å²) < 4.78 is 29.6. The number of amides is 2. The molecule has 1 aromatic rings. The molecule has 2 amide bonds. The van der Waals surface area contributed by atoms with Gasteiger partial charge in [0.2, 0.25) is 0 Å². The summed E-state index contributed by atoms with van der Waals surface area (Å²) in [4.78, 5) is 12.6. The average Bonchev–Trinajstić information content (AvgIpc) is 2.28. The molecule has 0 saturated carbocycles. The van der Waals surface area contributed by atoms with Gasteiger partial charge in [0, 0.05) is 12.2 Å². The van der Waals surface area contributed by atoms with Crippen molar-refractivity contribution >= 4 is 21.8 Å². The lowest BCUT2D eigenvalue weighted by Gasteiger charge is -2.20. The molecule has 0 aliphatic rings. The SMILES string of the molecule is NC(=O)N(CCCCS(=O)(=O)O)c1ccccc1. The van der Waals surface area contributed by atoms with E-state index in [9.17, 15) is 13.2 Å². The molecule has 0 radical (unpaired) electrons. The smallest absolute Gasteiger partial charge is 0.319 e. The normalized spacial score (nSPS) is 11.2. The van der Waals surface area contributed by atoms with E-state index in [1.165, 1.54) is 4.90 Å². The zero-order valence-electron chi connectivity index (χ0n) is 9.82. The largest absolute Gasteiger partial charge is 0.351 e. The minimum absolute atomic E-state index is 0.273. The van der Waals surface area contributed by atoms with Crippen molar-refractivity contribution in [2.75, 3.05) is 17.2 Å². The van der Waals surface area contributed by atoms with Gasteiger partial charge in [-0.3, -0.25) is 9.45 Å². The lowest BCUT2D eigenvalue weighted by Crippen LogP contribution is -2.36. The van der Waals surface area contributed by atoms with Crippen LogP contribution in [0, 0.1) is 0 Å². The minimum Gasteiger partial charge on any atom is -0.351 e. The molecule has 0 aliphatic heterocycles. The fourth-order valence-corrected chi connectivity index (χ4v) is 2.10. The van der Waals surface area contributed by atoms with Gasteiger partial charge in [-0.1, -0.05) is 18.2 Å². The molecule has 0 spiro atoms. The van der Waals surface area contributed by atoms with Gasteiger partial charge in [-0.05, 0) is 25.0 Å². The molecule has 7 heteroatoms. The van der Waals surface area contributed by atoms with Gasteiger partial charge in [-0.15, -0.1) is 0 Å². The molecule has 0 aromatic heterocycles. The topological polar surface area (TPSA) is 101 Å². The number of urea groups is 1. The van der Waals surface area contributed by atoms with Gasteiger partial charge in [0.05, 0.1) is 5.75 Å². The van der Waals surface area contributed by atoms with Crippen LogP contribution in [-0.2, 0) is 10.1 Å². The predicted molar refractivity (Wildman–Crippen MR) is 69.0 cm³/mol. The van der Waals surface area contributed by atoms with E-state index in [1.807, 2.05) is 6.07 Å². The lowest BCUT2D eigenvalue weighted by atomic mass is 10.2. The van der Waals surface area contributed by atoms with E-state index >= 15 is 0 Å². The third-order valence-corrected chi connectivity index (χ3v) is 3.17. The first-order valence-electron chi connectivity index (χ1n) is 5.47. The summed E-state index contributed by atoms with van der Waals surface area (Å²) in [5.41, 5.74) is 5.92. The molecule has 3 N–H and O–H groups in total. The minimum atomic E-state index is -3.94. The van der Waals surface area contributed by atoms with Crippen molar-refractivity contribution in [3.63, 3.8) is 0 Å². The Morgan fingerprint density at radius 2 is 1.83 bits per heavy atom. The fraction of sp³-hybridized carbons (Fsp3) is 0.364. The maximum Gasteiger partial charge on any atom is 0.319 e. The quantitative estimate of drug-likeness (QED) is 0.601. The Labute approximate surface area is 106 Å². The second-order valence-electron chi connectivity index (χ2n) is 3.82. The number of nitrogens with zero attached hydrogens (tertiary/aromatic N) is 1. The van der Waals surface area contributed by atoms with Crippen LogP contribution >= 0.6 is 0 Å². The van der Waals surface area contributed by atoms with E-state index in [-0.39, 0.29) is 12.2 Å². The standard InChI is InChI=1S/C11H16N2O4S/c12-11(14)13(10-6-2-1-3-7-10)8-4-5-9-18(15,16)17/h1-3,6-7H,4-5,8-9H2,(H2,12,14)(H,15,16,17). The van der Waals surface area contributed by atoms with Crippen LogP contribution in [0.15, 0.2) is 30.3 Å². The van der Waals surface area contributed by atoms with Crippen molar-refractivity contribution in [2.24, 2.45) is 5.73 Å². The molecule has 0 fully saturated rings. The van der Waals surface area contributed by atoms with Crippen LogP contribution in [0.2, 0.25) is 0 Å². The van der Waals surface area contributed by atoms with Crippen LogP contribution < -0.4 is 10.6 Å². The maximum atomic E-state index is 11.3. The molecule has 100 valence electrons. The van der Waals surface area contributed by atoms with Crippen molar-refractivity contribution in [2.45, 2.75) is 12.8 Å². The highest BCUT2D eigenvalue weighted by Crippen LogP contribution is 2.13. The first-order valence-corrected chi connectivity index (χ1v) is 7.08. The number of benzene rings is 1. The Morgan fingerprint density at radius 3 is 2.33 bits per heavy atom. The zero-order valence-corrected chi connectivity index (χ0v) is 10.6. The molecule has 0 saturated heterocycles. The second-order valence-corrected chi connectivity index (χ2v) is 5.39. The Kier molecular flexibility index (Phi) is 5.11. The number of carbonyl (C=O) groups is 1. The monoisotopic (exact) mass is 272 g/mol. The number of anilines is 1. The molecular formula is C11H16N2O4S.